The fourth-order valence-corrected chi connectivity index (χ4v) is 2.21. The van der Waals surface area contributed by atoms with E-state index in [2.05, 4.69) is 20.3 Å². The van der Waals surface area contributed by atoms with Gasteiger partial charge in [-0.05, 0) is 12.1 Å². The van der Waals surface area contributed by atoms with Crippen molar-refractivity contribution in [3.8, 4) is 0 Å². The Balaban J connectivity index is 1.47. The quantitative estimate of drug-likeness (QED) is 0.874. The van der Waals surface area contributed by atoms with Gasteiger partial charge in [0.2, 0.25) is 5.91 Å². The molecular formula is C15H15N5O2. The lowest BCUT2D eigenvalue weighted by molar-refractivity contribution is -0.129. The molecule has 1 aliphatic rings. The smallest absolute Gasteiger partial charge is 0.274 e. The van der Waals surface area contributed by atoms with Gasteiger partial charge in [0.05, 0.1) is 24.4 Å². The van der Waals surface area contributed by atoms with E-state index in [-0.39, 0.29) is 17.7 Å². The number of aromatic nitrogens is 3. The monoisotopic (exact) mass is 297 g/mol. The van der Waals surface area contributed by atoms with Crippen LogP contribution in [-0.2, 0) is 11.3 Å². The number of pyridine rings is 1. The van der Waals surface area contributed by atoms with E-state index in [0.29, 0.717) is 25.3 Å². The first-order valence-electron chi connectivity index (χ1n) is 6.97. The number of hydrogen-bond donors (Lipinski definition) is 1. The normalized spacial score (nSPS) is 14.3. The Bertz CT molecular complexity index is 656. The maximum absolute atomic E-state index is 12.1. The van der Waals surface area contributed by atoms with Crippen molar-refractivity contribution < 1.29 is 9.59 Å². The van der Waals surface area contributed by atoms with Gasteiger partial charge in [-0.3, -0.25) is 19.6 Å². The fraction of sp³-hybridized carbons (Fsp3) is 0.267. The molecule has 3 heterocycles. The van der Waals surface area contributed by atoms with Gasteiger partial charge in [0.1, 0.15) is 5.69 Å². The molecule has 0 atom stereocenters. The maximum atomic E-state index is 12.1. The van der Waals surface area contributed by atoms with Gasteiger partial charge < -0.3 is 10.2 Å². The van der Waals surface area contributed by atoms with Crippen molar-refractivity contribution in [2.45, 2.75) is 6.54 Å². The van der Waals surface area contributed by atoms with Crippen LogP contribution >= 0.6 is 0 Å². The van der Waals surface area contributed by atoms with Crippen LogP contribution in [0.4, 0.5) is 0 Å². The van der Waals surface area contributed by atoms with Crippen LogP contribution in [0.3, 0.4) is 0 Å². The van der Waals surface area contributed by atoms with Crippen molar-refractivity contribution in [3.05, 3.63) is 54.4 Å². The Kier molecular flexibility index (Phi) is 4.04. The van der Waals surface area contributed by atoms with Gasteiger partial charge in [-0.15, -0.1) is 0 Å². The molecule has 3 rings (SSSR count). The predicted octanol–water partition coefficient (Wildman–Crippen LogP) is 0.260. The van der Waals surface area contributed by atoms with E-state index in [9.17, 15) is 9.59 Å². The molecule has 1 saturated heterocycles. The van der Waals surface area contributed by atoms with Gasteiger partial charge in [0, 0.05) is 31.7 Å². The Morgan fingerprint density at radius 2 is 2.05 bits per heavy atom. The lowest BCUT2D eigenvalue weighted by atomic mass is 9.98. The molecular weight excluding hydrogens is 282 g/mol. The van der Waals surface area contributed by atoms with Gasteiger partial charge >= 0.3 is 0 Å². The Hall–Kier alpha value is -2.83. The summed E-state index contributed by atoms with van der Waals surface area (Å²) in [5.41, 5.74) is 1.11. The molecule has 0 aromatic carbocycles. The molecule has 2 aromatic rings. The molecule has 0 aliphatic carbocycles. The third kappa shape index (κ3) is 3.08. The molecule has 7 heteroatoms. The molecule has 2 aromatic heterocycles. The average molecular weight is 297 g/mol. The second-order valence-electron chi connectivity index (χ2n) is 5.04. The Labute approximate surface area is 127 Å². The van der Waals surface area contributed by atoms with E-state index in [1.54, 1.807) is 11.1 Å². The van der Waals surface area contributed by atoms with Crippen LogP contribution in [0.5, 0.6) is 0 Å². The highest BCUT2D eigenvalue weighted by molar-refractivity contribution is 5.94. The molecule has 0 bridgehead atoms. The molecule has 0 unspecified atom stereocenters. The van der Waals surface area contributed by atoms with Crippen LogP contribution < -0.4 is 5.32 Å². The van der Waals surface area contributed by atoms with Gasteiger partial charge in [-0.25, -0.2) is 4.98 Å². The maximum Gasteiger partial charge on any atom is 0.274 e. The first-order valence-corrected chi connectivity index (χ1v) is 6.97. The number of nitrogens with zero attached hydrogens (tertiary/aromatic N) is 4. The summed E-state index contributed by atoms with van der Waals surface area (Å²) < 4.78 is 0. The Morgan fingerprint density at radius 1 is 1.18 bits per heavy atom. The second-order valence-corrected chi connectivity index (χ2v) is 5.04. The van der Waals surface area contributed by atoms with Gasteiger partial charge in [-0.2, -0.15) is 0 Å². The van der Waals surface area contributed by atoms with E-state index in [1.807, 2.05) is 18.2 Å². The molecule has 1 aliphatic heterocycles. The van der Waals surface area contributed by atoms with E-state index < -0.39 is 0 Å². The van der Waals surface area contributed by atoms with E-state index >= 15 is 0 Å². The lowest BCUT2D eigenvalue weighted by Crippen LogP contribution is -2.55. The number of carbonyl (C=O) groups excluding carboxylic acids is 2. The summed E-state index contributed by atoms with van der Waals surface area (Å²) in [4.78, 5) is 37.6. The van der Waals surface area contributed by atoms with Crippen LogP contribution in [-0.4, -0.2) is 44.8 Å². The van der Waals surface area contributed by atoms with Crippen molar-refractivity contribution in [2.75, 3.05) is 13.1 Å². The standard InChI is InChI=1S/C15H15N5O2/c21-14(19-7-12-3-1-2-4-17-12)11-9-20(10-11)15(22)13-8-16-5-6-18-13/h1-6,8,11H,7,9-10H2,(H,19,21). The van der Waals surface area contributed by atoms with Crippen LogP contribution in [0.2, 0.25) is 0 Å². The second kappa shape index (κ2) is 6.30. The fourth-order valence-electron chi connectivity index (χ4n) is 2.21. The third-order valence-electron chi connectivity index (χ3n) is 3.49. The van der Waals surface area contributed by atoms with Crippen molar-refractivity contribution in [1.29, 1.82) is 0 Å². The predicted molar refractivity (Wildman–Crippen MR) is 77.5 cm³/mol. The van der Waals surface area contributed by atoms with Crippen LogP contribution in [0.15, 0.2) is 43.0 Å². The summed E-state index contributed by atoms with van der Waals surface area (Å²) in [6.45, 7) is 1.21. The molecule has 1 fully saturated rings. The average Bonchev–Trinajstić information content (AvgIpc) is 2.53. The van der Waals surface area contributed by atoms with E-state index in [1.165, 1.54) is 18.6 Å². The van der Waals surface area contributed by atoms with Gasteiger partial charge in [-0.1, -0.05) is 6.07 Å². The number of nitrogens with one attached hydrogen (secondary N) is 1. The third-order valence-corrected chi connectivity index (χ3v) is 3.49. The summed E-state index contributed by atoms with van der Waals surface area (Å²) in [7, 11) is 0. The number of rotatable bonds is 4. The SMILES string of the molecule is O=C(NCc1ccccn1)C1CN(C(=O)c2cnccn2)C1. The van der Waals surface area contributed by atoms with Crippen LogP contribution in [0.1, 0.15) is 16.2 Å². The molecule has 0 radical (unpaired) electrons. The minimum absolute atomic E-state index is 0.0613. The van der Waals surface area contributed by atoms with Gasteiger partial charge in [0.15, 0.2) is 0 Å². The van der Waals surface area contributed by atoms with Gasteiger partial charge in [0.25, 0.3) is 5.91 Å². The number of likely N-dealkylation sites (tertiary alicyclic amines) is 1. The van der Waals surface area contributed by atoms with E-state index in [0.717, 1.165) is 5.69 Å². The highest BCUT2D eigenvalue weighted by Gasteiger charge is 2.36. The summed E-state index contributed by atoms with van der Waals surface area (Å²) >= 11 is 0. The molecule has 2 amide bonds. The van der Waals surface area contributed by atoms with Crippen molar-refractivity contribution >= 4 is 11.8 Å². The zero-order valence-electron chi connectivity index (χ0n) is 11.8. The first kappa shape index (κ1) is 14.1. The van der Waals surface area contributed by atoms with E-state index in [4.69, 9.17) is 0 Å². The molecule has 112 valence electrons. The molecule has 0 saturated carbocycles. The molecule has 22 heavy (non-hydrogen) atoms. The van der Waals surface area contributed by atoms with Crippen molar-refractivity contribution in [2.24, 2.45) is 5.92 Å². The molecule has 0 spiro atoms. The molecule has 1 N–H and O–H groups in total. The summed E-state index contributed by atoms with van der Waals surface area (Å²) in [6, 6.07) is 5.55. The number of carbonyl (C=O) groups is 2. The lowest BCUT2D eigenvalue weighted by Gasteiger charge is -2.37. The largest absolute Gasteiger partial charge is 0.350 e. The van der Waals surface area contributed by atoms with Crippen LogP contribution in [0.25, 0.3) is 0 Å². The highest BCUT2D eigenvalue weighted by atomic mass is 16.2. The van der Waals surface area contributed by atoms with Crippen molar-refractivity contribution in [1.82, 2.24) is 25.2 Å². The van der Waals surface area contributed by atoms with Crippen LogP contribution in [0, 0.1) is 5.92 Å². The summed E-state index contributed by atoms with van der Waals surface area (Å²) in [6.07, 6.45) is 6.10. The topological polar surface area (TPSA) is 88.1 Å². The van der Waals surface area contributed by atoms with Crippen molar-refractivity contribution in [3.63, 3.8) is 0 Å². The first-order chi connectivity index (χ1) is 10.7. The highest BCUT2D eigenvalue weighted by Crippen LogP contribution is 2.18. The molecule has 7 nitrogen and oxygen atoms in total. The zero-order chi connectivity index (χ0) is 15.4. The zero-order valence-corrected chi connectivity index (χ0v) is 11.8. The Morgan fingerprint density at radius 3 is 2.73 bits per heavy atom. The minimum atomic E-state index is -0.193. The minimum Gasteiger partial charge on any atom is -0.350 e. The number of hydrogen-bond acceptors (Lipinski definition) is 5. The number of amides is 2. The summed E-state index contributed by atoms with van der Waals surface area (Å²) in [5.74, 6) is -0.431. The summed E-state index contributed by atoms with van der Waals surface area (Å²) in [5, 5.41) is 2.83.